The summed E-state index contributed by atoms with van der Waals surface area (Å²) < 4.78 is 5.21. The molecular weight excluding hydrogens is 368 g/mol. The molecule has 2 aromatic carbocycles. The van der Waals surface area contributed by atoms with Crippen LogP contribution < -0.4 is 4.74 Å². The van der Waals surface area contributed by atoms with Crippen molar-refractivity contribution in [3.05, 3.63) is 68.7 Å². The predicted molar refractivity (Wildman–Crippen MR) is 104 cm³/mol. The van der Waals surface area contributed by atoms with Gasteiger partial charge in [0.05, 0.1) is 12.0 Å². The lowest BCUT2D eigenvalue weighted by Crippen LogP contribution is -2.34. The molecule has 2 aromatic rings. The Kier molecular flexibility index (Phi) is 5.96. The molecule has 0 saturated carbocycles. The van der Waals surface area contributed by atoms with E-state index < -0.39 is 4.92 Å². The zero-order valence-corrected chi connectivity index (χ0v) is 15.8. The Hall–Kier alpha value is -2.60. The SMILES string of the molecule is COc1ccc(C2CCCCN(C(=O)c3ccc(Cl)c([N+](=O)[O-])c3)C2)cc1. The number of nitro benzene ring substituents is 1. The van der Waals surface area contributed by atoms with E-state index >= 15 is 0 Å². The summed E-state index contributed by atoms with van der Waals surface area (Å²) in [6.07, 6.45) is 2.94. The van der Waals surface area contributed by atoms with Crippen molar-refractivity contribution < 1.29 is 14.5 Å². The minimum Gasteiger partial charge on any atom is -0.497 e. The number of halogens is 1. The highest BCUT2D eigenvalue weighted by Crippen LogP contribution is 2.30. The summed E-state index contributed by atoms with van der Waals surface area (Å²) in [5, 5.41) is 11.1. The van der Waals surface area contributed by atoms with Crippen molar-refractivity contribution in [2.24, 2.45) is 0 Å². The molecule has 1 unspecified atom stereocenters. The molecule has 0 spiro atoms. The average molecular weight is 389 g/mol. The molecule has 0 aliphatic carbocycles. The smallest absolute Gasteiger partial charge is 0.288 e. The van der Waals surface area contributed by atoms with Crippen LogP contribution in [0.4, 0.5) is 5.69 Å². The van der Waals surface area contributed by atoms with Gasteiger partial charge in [0.2, 0.25) is 0 Å². The van der Waals surface area contributed by atoms with Crippen molar-refractivity contribution in [1.29, 1.82) is 0 Å². The molecule has 0 bridgehead atoms. The molecule has 7 heteroatoms. The first-order valence-corrected chi connectivity index (χ1v) is 9.24. The van der Waals surface area contributed by atoms with E-state index in [4.69, 9.17) is 16.3 Å². The largest absolute Gasteiger partial charge is 0.497 e. The number of amides is 1. The third kappa shape index (κ3) is 4.39. The number of nitro groups is 1. The van der Waals surface area contributed by atoms with Gasteiger partial charge in [-0.3, -0.25) is 14.9 Å². The van der Waals surface area contributed by atoms with Crippen LogP contribution in [0.5, 0.6) is 5.75 Å². The zero-order chi connectivity index (χ0) is 19.4. The number of carbonyl (C=O) groups is 1. The zero-order valence-electron chi connectivity index (χ0n) is 15.1. The van der Waals surface area contributed by atoms with Gasteiger partial charge < -0.3 is 9.64 Å². The van der Waals surface area contributed by atoms with Crippen molar-refractivity contribution in [2.45, 2.75) is 25.2 Å². The predicted octanol–water partition coefficient (Wildman–Crippen LogP) is 4.67. The Morgan fingerprint density at radius 2 is 1.96 bits per heavy atom. The van der Waals surface area contributed by atoms with Crippen molar-refractivity contribution in [2.75, 3.05) is 20.2 Å². The van der Waals surface area contributed by atoms with Crippen LogP contribution in [0.3, 0.4) is 0 Å². The fourth-order valence-corrected chi connectivity index (χ4v) is 3.63. The monoisotopic (exact) mass is 388 g/mol. The van der Waals surface area contributed by atoms with Crippen molar-refractivity contribution >= 4 is 23.2 Å². The molecule has 0 N–H and O–H groups in total. The second kappa shape index (κ2) is 8.39. The molecule has 27 heavy (non-hydrogen) atoms. The van der Waals surface area contributed by atoms with E-state index in [2.05, 4.69) is 0 Å². The van der Waals surface area contributed by atoms with Crippen LogP contribution in [-0.4, -0.2) is 35.9 Å². The van der Waals surface area contributed by atoms with E-state index in [1.165, 1.54) is 12.1 Å². The number of rotatable bonds is 4. The van der Waals surface area contributed by atoms with Gasteiger partial charge in [0.25, 0.3) is 11.6 Å². The summed E-state index contributed by atoms with van der Waals surface area (Å²) in [7, 11) is 1.63. The van der Waals surface area contributed by atoms with Crippen LogP contribution in [0.1, 0.15) is 41.1 Å². The Morgan fingerprint density at radius 1 is 1.22 bits per heavy atom. The second-order valence-electron chi connectivity index (χ2n) is 6.64. The lowest BCUT2D eigenvalue weighted by Gasteiger charge is -2.25. The van der Waals surface area contributed by atoms with Crippen molar-refractivity contribution in [1.82, 2.24) is 4.90 Å². The van der Waals surface area contributed by atoms with Crippen LogP contribution in [0.15, 0.2) is 42.5 Å². The summed E-state index contributed by atoms with van der Waals surface area (Å²) in [6.45, 7) is 1.23. The van der Waals surface area contributed by atoms with E-state index in [-0.39, 0.29) is 22.5 Å². The molecule has 1 saturated heterocycles. The van der Waals surface area contributed by atoms with Gasteiger partial charge >= 0.3 is 0 Å². The van der Waals surface area contributed by atoms with Crippen molar-refractivity contribution in [3.8, 4) is 5.75 Å². The van der Waals surface area contributed by atoms with E-state index in [0.29, 0.717) is 18.7 Å². The van der Waals surface area contributed by atoms with E-state index in [1.54, 1.807) is 18.1 Å². The van der Waals surface area contributed by atoms with Gasteiger partial charge in [-0.05, 0) is 42.7 Å². The molecule has 1 aliphatic heterocycles. The quantitative estimate of drug-likeness (QED) is 0.563. The number of likely N-dealkylation sites (tertiary alicyclic amines) is 1. The lowest BCUT2D eigenvalue weighted by molar-refractivity contribution is -0.384. The number of methoxy groups -OCH3 is 1. The number of benzene rings is 2. The van der Waals surface area contributed by atoms with Gasteiger partial charge in [-0.15, -0.1) is 0 Å². The van der Waals surface area contributed by atoms with Gasteiger partial charge in [0.15, 0.2) is 0 Å². The minimum absolute atomic E-state index is 0.0310. The fraction of sp³-hybridized carbons (Fsp3) is 0.350. The van der Waals surface area contributed by atoms with Crippen LogP contribution in [0.2, 0.25) is 5.02 Å². The molecule has 0 radical (unpaired) electrons. The summed E-state index contributed by atoms with van der Waals surface area (Å²) in [5.74, 6) is 0.827. The third-order valence-electron chi connectivity index (χ3n) is 4.94. The highest BCUT2D eigenvalue weighted by atomic mass is 35.5. The Morgan fingerprint density at radius 3 is 2.63 bits per heavy atom. The van der Waals surface area contributed by atoms with Gasteiger partial charge in [-0.1, -0.05) is 30.2 Å². The molecule has 142 valence electrons. The molecule has 3 rings (SSSR count). The third-order valence-corrected chi connectivity index (χ3v) is 5.26. The first-order valence-electron chi connectivity index (χ1n) is 8.86. The van der Waals surface area contributed by atoms with Gasteiger partial charge in [-0.25, -0.2) is 0 Å². The number of nitrogens with zero attached hydrogens (tertiary/aromatic N) is 2. The summed E-state index contributed by atoms with van der Waals surface area (Å²) in [6, 6.07) is 12.1. The number of hydrogen-bond acceptors (Lipinski definition) is 4. The molecular formula is C20H21ClN2O4. The highest BCUT2D eigenvalue weighted by Gasteiger charge is 2.25. The van der Waals surface area contributed by atoms with Crippen LogP contribution >= 0.6 is 11.6 Å². The fourth-order valence-electron chi connectivity index (χ4n) is 3.44. The number of carbonyl (C=O) groups excluding carboxylic acids is 1. The molecule has 0 aromatic heterocycles. The van der Waals surface area contributed by atoms with Crippen LogP contribution in [0.25, 0.3) is 0 Å². The van der Waals surface area contributed by atoms with E-state index in [0.717, 1.165) is 30.6 Å². The molecule has 1 heterocycles. The highest BCUT2D eigenvalue weighted by molar-refractivity contribution is 6.32. The van der Waals surface area contributed by atoms with Crippen LogP contribution in [0, 0.1) is 10.1 Å². The van der Waals surface area contributed by atoms with Gasteiger partial charge in [0.1, 0.15) is 10.8 Å². The maximum Gasteiger partial charge on any atom is 0.288 e. The number of ether oxygens (including phenoxy) is 1. The Labute approximate surface area is 162 Å². The summed E-state index contributed by atoms with van der Waals surface area (Å²) in [4.78, 5) is 25.3. The summed E-state index contributed by atoms with van der Waals surface area (Å²) in [5.41, 5.74) is 1.21. The Bertz CT molecular complexity index is 838. The molecule has 1 aliphatic rings. The van der Waals surface area contributed by atoms with Gasteiger partial charge in [0, 0.05) is 30.6 Å². The standard InChI is InChI=1S/C20H21ClN2O4/c1-27-17-8-5-14(6-9-17)16-4-2-3-11-22(13-16)20(24)15-7-10-18(21)19(12-15)23(25)26/h5-10,12,16H,2-4,11,13H2,1H3. The number of hydrogen-bond donors (Lipinski definition) is 0. The molecule has 1 atom stereocenters. The molecule has 1 fully saturated rings. The van der Waals surface area contributed by atoms with Crippen molar-refractivity contribution in [3.63, 3.8) is 0 Å². The topological polar surface area (TPSA) is 72.7 Å². The Balaban J connectivity index is 1.81. The first-order chi connectivity index (χ1) is 13.0. The normalized spacial score (nSPS) is 17.3. The van der Waals surface area contributed by atoms with E-state index in [9.17, 15) is 14.9 Å². The first kappa shape index (κ1) is 19.2. The van der Waals surface area contributed by atoms with E-state index in [1.807, 2.05) is 24.3 Å². The maximum absolute atomic E-state index is 13.0. The van der Waals surface area contributed by atoms with Crippen LogP contribution in [-0.2, 0) is 0 Å². The maximum atomic E-state index is 13.0. The molecule has 1 amide bonds. The average Bonchev–Trinajstić information content (AvgIpc) is 2.94. The molecule has 6 nitrogen and oxygen atoms in total. The second-order valence-corrected chi connectivity index (χ2v) is 7.05. The summed E-state index contributed by atoms with van der Waals surface area (Å²) >= 11 is 5.86. The lowest BCUT2D eigenvalue weighted by atomic mass is 9.94. The van der Waals surface area contributed by atoms with Gasteiger partial charge in [-0.2, -0.15) is 0 Å². The minimum atomic E-state index is -0.568.